The Labute approximate surface area is 125 Å². The zero-order valence-electron chi connectivity index (χ0n) is 13.0. The van der Waals surface area contributed by atoms with Crippen molar-refractivity contribution in [2.24, 2.45) is 0 Å². The van der Waals surface area contributed by atoms with E-state index in [2.05, 4.69) is 5.32 Å². The summed E-state index contributed by atoms with van der Waals surface area (Å²) in [6.45, 7) is 7.55. The van der Waals surface area contributed by atoms with E-state index in [0.717, 1.165) is 17.5 Å². The predicted octanol–water partition coefficient (Wildman–Crippen LogP) is 2.36. The number of aliphatic carboxylic acids is 1. The van der Waals surface area contributed by atoms with Crippen molar-refractivity contribution in [3.63, 3.8) is 0 Å². The molecule has 2 unspecified atom stereocenters. The molecule has 2 N–H and O–H groups in total. The molecule has 0 radical (unpaired) electrons. The summed E-state index contributed by atoms with van der Waals surface area (Å²) >= 11 is 0. The van der Waals surface area contributed by atoms with Crippen molar-refractivity contribution in [3.8, 4) is 0 Å². The highest BCUT2D eigenvalue weighted by molar-refractivity contribution is 5.85. The number of benzene rings is 1. The maximum absolute atomic E-state index is 11.8. The van der Waals surface area contributed by atoms with E-state index in [4.69, 9.17) is 4.74 Å². The lowest BCUT2D eigenvalue weighted by Gasteiger charge is -2.17. The van der Waals surface area contributed by atoms with Crippen LogP contribution >= 0.6 is 0 Å². The summed E-state index contributed by atoms with van der Waals surface area (Å²) in [5.41, 5.74) is 2.63. The van der Waals surface area contributed by atoms with Crippen LogP contribution in [0.25, 0.3) is 0 Å². The van der Waals surface area contributed by atoms with E-state index in [0.29, 0.717) is 5.56 Å². The van der Waals surface area contributed by atoms with Gasteiger partial charge in [-0.3, -0.25) is 4.79 Å². The predicted molar refractivity (Wildman–Crippen MR) is 80.1 cm³/mol. The minimum absolute atomic E-state index is 0.0272. The maximum Gasteiger partial charge on any atom is 0.330 e. The molecule has 0 heterocycles. The lowest BCUT2D eigenvalue weighted by atomic mass is 10.0. The number of hydrogen-bond acceptors (Lipinski definition) is 3. The van der Waals surface area contributed by atoms with Gasteiger partial charge in [-0.15, -0.1) is 0 Å². The third-order valence-electron chi connectivity index (χ3n) is 3.49. The van der Waals surface area contributed by atoms with E-state index < -0.39 is 17.9 Å². The first-order valence-corrected chi connectivity index (χ1v) is 7.06. The summed E-state index contributed by atoms with van der Waals surface area (Å²) in [5, 5.41) is 11.8. The third-order valence-corrected chi connectivity index (χ3v) is 3.49. The monoisotopic (exact) mass is 293 g/mol. The maximum atomic E-state index is 11.8. The molecule has 0 saturated carbocycles. The van der Waals surface area contributed by atoms with Crippen LogP contribution in [-0.2, 0) is 14.3 Å². The number of amides is 1. The van der Waals surface area contributed by atoms with Gasteiger partial charge in [-0.2, -0.15) is 0 Å². The number of carbonyl (C=O) groups is 2. The fourth-order valence-corrected chi connectivity index (χ4v) is 1.77. The van der Waals surface area contributed by atoms with Gasteiger partial charge in [-0.25, -0.2) is 4.79 Å². The van der Waals surface area contributed by atoms with E-state index in [1.807, 2.05) is 33.8 Å². The molecule has 0 fully saturated rings. The molecule has 0 aliphatic carbocycles. The van der Waals surface area contributed by atoms with Crippen LogP contribution in [-0.4, -0.2) is 29.7 Å². The van der Waals surface area contributed by atoms with Crippen molar-refractivity contribution < 1.29 is 19.4 Å². The molecule has 1 amide bonds. The zero-order valence-corrected chi connectivity index (χ0v) is 13.0. The number of carbonyl (C=O) groups excluding carboxylic acids is 1. The Morgan fingerprint density at radius 2 is 1.95 bits per heavy atom. The quantitative estimate of drug-likeness (QED) is 0.809. The van der Waals surface area contributed by atoms with Crippen molar-refractivity contribution in [1.29, 1.82) is 0 Å². The zero-order chi connectivity index (χ0) is 16.0. The Hall–Kier alpha value is -1.88. The Morgan fingerprint density at radius 1 is 1.29 bits per heavy atom. The van der Waals surface area contributed by atoms with Gasteiger partial charge < -0.3 is 15.2 Å². The van der Waals surface area contributed by atoms with E-state index in [1.165, 1.54) is 0 Å². The van der Waals surface area contributed by atoms with Crippen LogP contribution in [0.1, 0.15) is 43.0 Å². The molecule has 0 saturated heterocycles. The molecule has 21 heavy (non-hydrogen) atoms. The number of hydrogen-bond donors (Lipinski definition) is 2. The molecule has 0 spiro atoms. The molecule has 5 nitrogen and oxygen atoms in total. The molecule has 5 heteroatoms. The van der Waals surface area contributed by atoms with Crippen LogP contribution in [0.15, 0.2) is 18.2 Å². The summed E-state index contributed by atoms with van der Waals surface area (Å²) in [4.78, 5) is 23.2. The second kappa shape index (κ2) is 7.78. The largest absolute Gasteiger partial charge is 0.479 e. The Morgan fingerprint density at radius 3 is 2.48 bits per heavy atom. The van der Waals surface area contributed by atoms with Crippen LogP contribution in [0, 0.1) is 13.8 Å². The van der Waals surface area contributed by atoms with Crippen molar-refractivity contribution in [2.45, 2.75) is 46.3 Å². The minimum atomic E-state index is -1.09. The molecule has 1 rings (SSSR count). The Bertz CT molecular complexity index is 513. The molecule has 1 aromatic carbocycles. The molecule has 1 aromatic rings. The summed E-state index contributed by atoms with van der Waals surface area (Å²) in [6.07, 6.45) is 0.771. The number of carboxylic acid groups (broad SMARTS) is 1. The standard InChI is InChI=1S/C16H23NO4/c1-5-12(4)21-9-14(18)17-15(16(19)20)13-7-6-10(2)11(3)8-13/h6-8,12,15H,5,9H2,1-4H3,(H,17,18)(H,19,20). The highest BCUT2D eigenvalue weighted by Gasteiger charge is 2.22. The van der Waals surface area contributed by atoms with Gasteiger partial charge in [0.2, 0.25) is 5.91 Å². The van der Waals surface area contributed by atoms with Gasteiger partial charge in [0, 0.05) is 0 Å². The molecule has 2 atom stereocenters. The molecule has 0 aromatic heterocycles. The van der Waals surface area contributed by atoms with Crippen LogP contribution in [0.5, 0.6) is 0 Å². The number of rotatable bonds is 7. The third kappa shape index (κ3) is 5.19. The normalized spacial score (nSPS) is 13.5. The van der Waals surface area contributed by atoms with Gasteiger partial charge in [0.1, 0.15) is 6.61 Å². The SMILES string of the molecule is CCC(C)OCC(=O)NC(C(=O)O)c1ccc(C)c(C)c1. The summed E-state index contributed by atoms with van der Waals surface area (Å²) in [6, 6.07) is 4.29. The van der Waals surface area contributed by atoms with Crippen molar-refractivity contribution in [3.05, 3.63) is 34.9 Å². The molecule has 0 aliphatic rings. The van der Waals surface area contributed by atoms with Crippen LogP contribution in [0.4, 0.5) is 0 Å². The lowest BCUT2D eigenvalue weighted by Crippen LogP contribution is -2.36. The number of nitrogens with one attached hydrogen (secondary N) is 1. The van der Waals surface area contributed by atoms with E-state index >= 15 is 0 Å². The first-order chi connectivity index (χ1) is 9.85. The average Bonchev–Trinajstić information content (AvgIpc) is 2.44. The van der Waals surface area contributed by atoms with Gasteiger partial charge in [-0.1, -0.05) is 25.1 Å². The topological polar surface area (TPSA) is 75.6 Å². The Balaban J connectivity index is 2.76. The molecule has 0 bridgehead atoms. The van der Waals surface area contributed by atoms with Crippen LogP contribution in [0.2, 0.25) is 0 Å². The Kier molecular flexibility index (Phi) is 6.37. The van der Waals surface area contributed by atoms with Gasteiger partial charge >= 0.3 is 5.97 Å². The highest BCUT2D eigenvalue weighted by atomic mass is 16.5. The number of carboxylic acids is 1. The summed E-state index contributed by atoms with van der Waals surface area (Å²) < 4.78 is 5.31. The van der Waals surface area contributed by atoms with Crippen LogP contribution < -0.4 is 5.32 Å². The van der Waals surface area contributed by atoms with Crippen molar-refractivity contribution in [2.75, 3.05) is 6.61 Å². The number of aryl methyl sites for hydroxylation is 2. The van der Waals surface area contributed by atoms with Gasteiger partial charge in [0.25, 0.3) is 0 Å². The highest BCUT2D eigenvalue weighted by Crippen LogP contribution is 2.17. The van der Waals surface area contributed by atoms with Crippen molar-refractivity contribution >= 4 is 11.9 Å². The second-order valence-corrected chi connectivity index (χ2v) is 5.21. The summed E-state index contributed by atoms with van der Waals surface area (Å²) in [7, 11) is 0. The number of ether oxygens (including phenoxy) is 1. The van der Waals surface area contributed by atoms with E-state index in [1.54, 1.807) is 12.1 Å². The van der Waals surface area contributed by atoms with Gasteiger partial charge in [0.05, 0.1) is 6.10 Å². The molecular formula is C16H23NO4. The molecule has 116 valence electrons. The van der Waals surface area contributed by atoms with Crippen LogP contribution in [0.3, 0.4) is 0 Å². The average molecular weight is 293 g/mol. The minimum Gasteiger partial charge on any atom is -0.479 e. The first kappa shape index (κ1) is 17.2. The second-order valence-electron chi connectivity index (χ2n) is 5.21. The molecule has 0 aliphatic heterocycles. The lowest BCUT2D eigenvalue weighted by molar-refractivity contribution is -0.143. The fourth-order valence-electron chi connectivity index (χ4n) is 1.77. The summed E-state index contributed by atoms with van der Waals surface area (Å²) in [5.74, 6) is -1.52. The van der Waals surface area contributed by atoms with Crippen molar-refractivity contribution in [1.82, 2.24) is 5.32 Å². The smallest absolute Gasteiger partial charge is 0.330 e. The fraction of sp³-hybridized carbons (Fsp3) is 0.500. The van der Waals surface area contributed by atoms with Gasteiger partial charge in [0.15, 0.2) is 6.04 Å². The van der Waals surface area contributed by atoms with E-state index in [-0.39, 0.29) is 12.7 Å². The van der Waals surface area contributed by atoms with E-state index in [9.17, 15) is 14.7 Å². The van der Waals surface area contributed by atoms with Gasteiger partial charge in [-0.05, 0) is 43.9 Å². The first-order valence-electron chi connectivity index (χ1n) is 7.06. The molecular weight excluding hydrogens is 270 g/mol.